The maximum atomic E-state index is 15.0. The van der Waals surface area contributed by atoms with E-state index in [9.17, 15) is 9.59 Å². The number of hydrogen-bond acceptors (Lipinski definition) is 3. The number of fused-ring (bicyclic) bond motifs is 12. The molecule has 2 heterocycles. The van der Waals surface area contributed by atoms with Crippen molar-refractivity contribution in [2.75, 3.05) is 9.80 Å². The highest BCUT2D eigenvalue weighted by Gasteiger charge is 2.40. The number of benzene rings is 12. The number of hydrogen-bond donors (Lipinski definition) is 1. The molecule has 3 aliphatic rings. The van der Waals surface area contributed by atoms with Gasteiger partial charge >= 0.3 is 0 Å². The third-order valence-electron chi connectivity index (χ3n) is 19.0. The molecule has 0 bridgehead atoms. The third kappa shape index (κ3) is 6.43. The Bertz CT molecular complexity index is 4780. The highest BCUT2D eigenvalue weighted by Crippen LogP contribution is 2.54. The van der Waals surface area contributed by atoms with Gasteiger partial charge in [-0.2, -0.15) is 0 Å². The van der Waals surface area contributed by atoms with Gasteiger partial charge in [-0.15, -0.1) is 0 Å². The third-order valence-corrected chi connectivity index (χ3v) is 19.0. The van der Waals surface area contributed by atoms with E-state index in [1.807, 2.05) is 18.2 Å². The Morgan fingerprint density at radius 2 is 0.852 bits per heavy atom. The van der Waals surface area contributed by atoms with Crippen molar-refractivity contribution in [3.05, 3.63) is 239 Å². The minimum atomic E-state index is -0.270. The maximum Gasteiger partial charge on any atom is 0.266 e. The van der Waals surface area contributed by atoms with Crippen LogP contribution in [-0.2, 0) is 10.8 Å². The minimum absolute atomic E-state index is 0.119. The number of nitrogens with one attached hydrogen (secondary N) is 1. The quantitative estimate of drug-likeness (QED) is 0.0983. The molecule has 5 nitrogen and oxygen atoms in total. The molecule has 81 heavy (non-hydrogen) atoms. The van der Waals surface area contributed by atoms with Gasteiger partial charge in [-0.3, -0.25) is 9.59 Å². The van der Waals surface area contributed by atoms with Gasteiger partial charge < -0.3 is 9.88 Å². The first-order valence-electron chi connectivity index (χ1n) is 28.7. The van der Waals surface area contributed by atoms with E-state index < -0.39 is 0 Å². The molecule has 2 amide bonds. The molecule has 0 unspecified atom stereocenters. The molecule has 0 fully saturated rings. The summed E-state index contributed by atoms with van der Waals surface area (Å²) in [5, 5.41) is 10.7. The SMILES string of the molecule is CC(C)c1cccc(C(C)C)c1N1C(=O)c2ccc3c4cccc5c6c(cc(c7ccc(c2c37)C1=O)c45)[nH]c1cc(-c2ccc(N(c3ccc4c(c3)C(C)(C)c3ccccc3-4)c3ccc4c(c3)C(C)(C)c3ccccc3-4)cc2)ccc16. The van der Waals surface area contributed by atoms with Gasteiger partial charge in [0.05, 0.1) is 5.69 Å². The Balaban J connectivity index is 0.806. The number of para-hydroxylation sites is 1. The van der Waals surface area contributed by atoms with Crippen LogP contribution in [0.5, 0.6) is 0 Å². The van der Waals surface area contributed by atoms with Gasteiger partial charge in [0.15, 0.2) is 0 Å². The molecule has 16 rings (SSSR count). The zero-order chi connectivity index (χ0) is 55.1. The molecule has 0 saturated carbocycles. The molecule has 0 saturated heterocycles. The van der Waals surface area contributed by atoms with Crippen LogP contribution >= 0.6 is 0 Å². The number of imide groups is 1. The van der Waals surface area contributed by atoms with Crippen molar-refractivity contribution in [1.82, 2.24) is 4.98 Å². The average Bonchev–Trinajstić information content (AvgIpc) is 2.05. The standard InChI is InChI=1S/C76H59N3O2/c1-41(2)48-17-13-18-49(42(3)4)72(48)79-73(80)59-35-33-55-54-19-14-20-58-68(54)61(56-34-36-60(74(79)81)71(59)70(55)56)40-67-69(58)57-30-25-44(37-66(57)77-67)43-23-26-45(27-24-43)78(46-28-31-52-50-15-9-11-21-62(50)75(5,6)64(52)38-46)47-29-32-53-51-16-10-12-22-63(51)76(7,8)65(53)39-47/h9-42,77H,1-8H3. The van der Waals surface area contributed by atoms with Gasteiger partial charge in [0.1, 0.15) is 0 Å². The Hall–Kier alpha value is -9.32. The van der Waals surface area contributed by atoms with Crippen LogP contribution in [0.15, 0.2) is 194 Å². The van der Waals surface area contributed by atoms with Gasteiger partial charge in [0.2, 0.25) is 0 Å². The second-order valence-electron chi connectivity index (χ2n) is 24.8. The molecule has 390 valence electrons. The topological polar surface area (TPSA) is 56.4 Å². The second kappa shape index (κ2) is 16.6. The van der Waals surface area contributed by atoms with E-state index in [2.05, 4.69) is 241 Å². The summed E-state index contributed by atoms with van der Waals surface area (Å²) < 4.78 is 0. The predicted molar refractivity (Wildman–Crippen MR) is 338 cm³/mol. The zero-order valence-electron chi connectivity index (χ0n) is 46.8. The zero-order valence-corrected chi connectivity index (χ0v) is 46.8. The Morgan fingerprint density at radius 1 is 0.370 bits per heavy atom. The van der Waals surface area contributed by atoms with Crippen molar-refractivity contribution in [2.45, 2.75) is 78.1 Å². The summed E-state index contributed by atoms with van der Waals surface area (Å²) in [5.74, 6) is -0.302. The minimum Gasteiger partial charge on any atom is -0.354 e. The monoisotopic (exact) mass is 1050 g/mol. The predicted octanol–water partition coefficient (Wildman–Crippen LogP) is 20.2. The first-order valence-corrected chi connectivity index (χ1v) is 28.7. The molecule has 0 spiro atoms. The summed E-state index contributed by atoms with van der Waals surface area (Å²) in [4.78, 5) is 37.7. The molecule has 5 heteroatoms. The van der Waals surface area contributed by atoms with Crippen molar-refractivity contribution in [1.29, 1.82) is 0 Å². The average molecular weight is 1050 g/mol. The number of amides is 2. The highest BCUT2D eigenvalue weighted by molar-refractivity contribution is 6.44. The van der Waals surface area contributed by atoms with Crippen molar-refractivity contribution in [3.8, 4) is 33.4 Å². The van der Waals surface area contributed by atoms with Crippen LogP contribution in [0.2, 0.25) is 0 Å². The number of nitrogens with zero attached hydrogens (tertiary/aromatic N) is 2. The lowest BCUT2D eigenvalue weighted by molar-refractivity contribution is 0.0893. The fourth-order valence-electron chi connectivity index (χ4n) is 15.0. The Morgan fingerprint density at radius 3 is 1.44 bits per heavy atom. The van der Waals surface area contributed by atoms with Crippen molar-refractivity contribution < 1.29 is 9.59 Å². The highest BCUT2D eigenvalue weighted by atomic mass is 16.2. The van der Waals surface area contributed by atoms with Crippen LogP contribution in [0.1, 0.15) is 121 Å². The first kappa shape index (κ1) is 47.7. The summed E-state index contributed by atoms with van der Waals surface area (Å²) in [6.45, 7) is 17.9. The number of aromatic nitrogens is 1. The molecule has 2 aliphatic carbocycles. The Labute approximate surface area is 471 Å². The fourth-order valence-corrected chi connectivity index (χ4v) is 15.0. The van der Waals surface area contributed by atoms with E-state index >= 15 is 0 Å². The van der Waals surface area contributed by atoms with E-state index in [1.54, 1.807) is 0 Å². The number of carbonyl (C=O) groups is 2. The lowest BCUT2D eigenvalue weighted by atomic mass is 9.82. The van der Waals surface area contributed by atoms with Gasteiger partial charge in [0, 0.05) is 66.2 Å². The van der Waals surface area contributed by atoms with Crippen LogP contribution in [0.25, 0.3) is 98.3 Å². The first-order chi connectivity index (χ1) is 39.2. The van der Waals surface area contributed by atoms with Crippen molar-refractivity contribution in [3.63, 3.8) is 0 Å². The summed E-state index contributed by atoms with van der Waals surface area (Å²) in [6, 6.07) is 71.0. The molecule has 0 atom stereocenters. The normalized spacial score (nSPS) is 14.9. The van der Waals surface area contributed by atoms with Gasteiger partial charge in [-0.25, -0.2) is 4.90 Å². The molecule has 0 radical (unpaired) electrons. The van der Waals surface area contributed by atoms with E-state index in [4.69, 9.17) is 0 Å². The summed E-state index contributed by atoms with van der Waals surface area (Å²) in [6.07, 6.45) is 0. The number of rotatable bonds is 7. The smallest absolute Gasteiger partial charge is 0.266 e. The molecular weight excluding hydrogens is 987 g/mol. The second-order valence-corrected chi connectivity index (χ2v) is 24.8. The summed E-state index contributed by atoms with van der Waals surface area (Å²) in [7, 11) is 0. The van der Waals surface area contributed by atoms with Gasteiger partial charge in [0.25, 0.3) is 11.8 Å². The van der Waals surface area contributed by atoms with Gasteiger partial charge in [-0.05, 0) is 177 Å². The van der Waals surface area contributed by atoms with Crippen molar-refractivity contribution >= 4 is 99.5 Å². The molecule has 12 aromatic carbocycles. The van der Waals surface area contributed by atoms with Crippen LogP contribution in [-0.4, -0.2) is 16.8 Å². The molecule has 13 aromatic rings. The largest absolute Gasteiger partial charge is 0.354 e. The molecule has 1 aliphatic heterocycles. The van der Waals surface area contributed by atoms with Crippen LogP contribution in [0, 0.1) is 0 Å². The molecular formula is C76H59N3O2. The van der Waals surface area contributed by atoms with E-state index in [1.165, 1.54) is 71.0 Å². The van der Waals surface area contributed by atoms with Crippen LogP contribution in [0.4, 0.5) is 22.7 Å². The number of H-pyrrole nitrogens is 1. The molecule has 1 aromatic heterocycles. The molecule has 1 N–H and O–H groups in total. The summed E-state index contributed by atoms with van der Waals surface area (Å²) >= 11 is 0. The van der Waals surface area contributed by atoms with Gasteiger partial charge in [-0.1, -0.05) is 189 Å². The maximum absolute atomic E-state index is 15.0. The van der Waals surface area contributed by atoms with Crippen molar-refractivity contribution in [2.24, 2.45) is 0 Å². The Kier molecular flexibility index (Phi) is 9.78. The lowest BCUT2D eigenvalue weighted by Crippen LogP contribution is -2.41. The summed E-state index contributed by atoms with van der Waals surface area (Å²) in [5.41, 5.74) is 22.0. The number of anilines is 4. The number of aromatic amines is 1. The van der Waals surface area contributed by atoms with Crippen LogP contribution < -0.4 is 9.80 Å². The lowest BCUT2D eigenvalue weighted by Gasteiger charge is -2.32. The fraction of sp³-hybridized carbons (Fsp3) is 0.158. The van der Waals surface area contributed by atoms with E-state index in [0.29, 0.717) is 11.1 Å². The van der Waals surface area contributed by atoms with Crippen LogP contribution in [0.3, 0.4) is 0 Å². The number of carbonyl (C=O) groups excluding carboxylic acids is 2. The van der Waals surface area contributed by atoms with E-state index in [0.717, 1.165) is 88.4 Å². The van der Waals surface area contributed by atoms with E-state index in [-0.39, 0.29) is 34.5 Å².